The van der Waals surface area contributed by atoms with Gasteiger partial charge in [0.15, 0.2) is 0 Å². The first kappa shape index (κ1) is 13.7. The molecule has 0 aromatic heterocycles. The number of carbonyl (C=O) groups excluding carboxylic acids is 1. The van der Waals surface area contributed by atoms with E-state index in [1.165, 1.54) is 0 Å². The minimum absolute atomic E-state index is 0.0229. The molecule has 2 saturated heterocycles. The molecule has 3 unspecified atom stereocenters. The van der Waals surface area contributed by atoms with Crippen LogP contribution in [0, 0.1) is 0 Å². The average Bonchev–Trinajstić information content (AvgIpc) is 2.39. The number of nitrogens with zero attached hydrogens (tertiary/aromatic N) is 1. The van der Waals surface area contributed by atoms with Crippen molar-refractivity contribution in [2.45, 2.75) is 31.7 Å². The first-order valence-corrected chi connectivity index (χ1v) is 6.55. The Morgan fingerprint density at radius 3 is 2.94 bits per heavy atom. The van der Waals surface area contributed by atoms with E-state index in [4.69, 9.17) is 14.6 Å². The summed E-state index contributed by atoms with van der Waals surface area (Å²) in [6.07, 6.45) is 0.0862. The Labute approximate surface area is 107 Å². The standard InChI is InChI=1S/C12H22N2O4/c1-9-6-14(7-11(8-15)18-9)12(16)4-10-5-13-2-3-17-10/h9-11,13,15H,2-8H2,1H3. The van der Waals surface area contributed by atoms with Crippen LogP contribution in [-0.4, -0.2) is 73.6 Å². The van der Waals surface area contributed by atoms with E-state index in [-0.39, 0.29) is 30.8 Å². The highest BCUT2D eigenvalue weighted by Crippen LogP contribution is 2.13. The van der Waals surface area contributed by atoms with Gasteiger partial charge in [-0.05, 0) is 6.92 Å². The minimum Gasteiger partial charge on any atom is -0.394 e. The van der Waals surface area contributed by atoms with Crippen LogP contribution >= 0.6 is 0 Å². The molecule has 2 rings (SSSR count). The zero-order valence-corrected chi connectivity index (χ0v) is 10.8. The van der Waals surface area contributed by atoms with Crippen molar-refractivity contribution in [2.24, 2.45) is 0 Å². The van der Waals surface area contributed by atoms with E-state index >= 15 is 0 Å². The zero-order valence-electron chi connectivity index (χ0n) is 10.8. The van der Waals surface area contributed by atoms with Gasteiger partial charge in [0.2, 0.25) is 5.91 Å². The number of carbonyl (C=O) groups is 1. The van der Waals surface area contributed by atoms with Crippen molar-refractivity contribution in [3.8, 4) is 0 Å². The molecule has 1 amide bonds. The smallest absolute Gasteiger partial charge is 0.225 e. The molecule has 2 heterocycles. The predicted molar refractivity (Wildman–Crippen MR) is 65.2 cm³/mol. The molecule has 2 fully saturated rings. The molecule has 6 heteroatoms. The van der Waals surface area contributed by atoms with Gasteiger partial charge in [0, 0.05) is 26.2 Å². The van der Waals surface area contributed by atoms with Crippen LogP contribution in [0.1, 0.15) is 13.3 Å². The fraction of sp³-hybridized carbons (Fsp3) is 0.917. The number of ether oxygens (including phenoxy) is 2. The lowest BCUT2D eigenvalue weighted by molar-refractivity contribution is -0.150. The van der Waals surface area contributed by atoms with E-state index in [1.807, 2.05) is 6.92 Å². The molecular formula is C12H22N2O4. The van der Waals surface area contributed by atoms with Gasteiger partial charge in [-0.25, -0.2) is 0 Å². The number of hydrogen-bond acceptors (Lipinski definition) is 5. The highest BCUT2D eigenvalue weighted by atomic mass is 16.5. The van der Waals surface area contributed by atoms with E-state index in [0.29, 0.717) is 26.1 Å². The number of morpholine rings is 2. The van der Waals surface area contributed by atoms with Crippen LogP contribution in [0.5, 0.6) is 0 Å². The van der Waals surface area contributed by atoms with Crippen LogP contribution in [0.15, 0.2) is 0 Å². The summed E-state index contributed by atoms with van der Waals surface area (Å²) in [5.41, 5.74) is 0. The third-order valence-electron chi connectivity index (χ3n) is 3.29. The molecule has 2 aliphatic heterocycles. The SMILES string of the molecule is CC1CN(C(=O)CC2CNCCO2)CC(CO)O1. The molecular weight excluding hydrogens is 236 g/mol. The topological polar surface area (TPSA) is 71.0 Å². The van der Waals surface area contributed by atoms with E-state index < -0.39 is 0 Å². The molecule has 6 nitrogen and oxygen atoms in total. The van der Waals surface area contributed by atoms with Crippen molar-refractivity contribution in [3.63, 3.8) is 0 Å². The largest absolute Gasteiger partial charge is 0.394 e. The Hall–Kier alpha value is -0.690. The second kappa shape index (κ2) is 6.47. The maximum Gasteiger partial charge on any atom is 0.225 e. The average molecular weight is 258 g/mol. The van der Waals surface area contributed by atoms with Crippen molar-refractivity contribution in [3.05, 3.63) is 0 Å². The Balaban J connectivity index is 1.83. The van der Waals surface area contributed by atoms with Crippen LogP contribution in [0.2, 0.25) is 0 Å². The molecule has 0 saturated carbocycles. The number of rotatable bonds is 3. The maximum absolute atomic E-state index is 12.2. The summed E-state index contributed by atoms with van der Waals surface area (Å²) in [6, 6.07) is 0. The van der Waals surface area contributed by atoms with Crippen molar-refractivity contribution < 1.29 is 19.4 Å². The monoisotopic (exact) mass is 258 g/mol. The molecule has 2 aliphatic rings. The van der Waals surface area contributed by atoms with Gasteiger partial charge in [0.05, 0.1) is 37.9 Å². The molecule has 0 aliphatic carbocycles. The van der Waals surface area contributed by atoms with Crippen LogP contribution < -0.4 is 5.32 Å². The van der Waals surface area contributed by atoms with Gasteiger partial charge in [-0.2, -0.15) is 0 Å². The third kappa shape index (κ3) is 3.65. The van der Waals surface area contributed by atoms with Crippen molar-refractivity contribution in [2.75, 3.05) is 39.4 Å². The normalized spacial score (nSPS) is 33.4. The molecule has 0 aromatic rings. The molecule has 0 radical (unpaired) electrons. The lowest BCUT2D eigenvalue weighted by atomic mass is 10.1. The second-order valence-electron chi connectivity index (χ2n) is 4.95. The van der Waals surface area contributed by atoms with Gasteiger partial charge in [-0.3, -0.25) is 4.79 Å². The quantitative estimate of drug-likeness (QED) is 0.677. The van der Waals surface area contributed by atoms with Crippen molar-refractivity contribution in [1.29, 1.82) is 0 Å². The molecule has 0 bridgehead atoms. The van der Waals surface area contributed by atoms with E-state index in [0.717, 1.165) is 13.1 Å². The first-order chi connectivity index (χ1) is 8.69. The summed E-state index contributed by atoms with van der Waals surface area (Å²) in [5.74, 6) is 0.0808. The van der Waals surface area contributed by atoms with E-state index in [1.54, 1.807) is 4.90 Å². The summed E-state index contributed by atoms with van der Waals surface area (Å²) in [5, 5.41) is 12.3. The number of aliphatic hydroxyl groups is 1. The number of aliphatic hydroxyl groups excluding tert-OH is 1. The van der Waals surface area contributed by atoms with E-state index in [9.17, 15) is 4.79 Å². The summed E-state index contributed by atoms with van der Waals surface area (Å²) in [4.78, 5) is 13.9. The fourth-order valence-corrected chi connectivity index (χ4v) is 2.42. The van der Waals surface area contributed by atoms with Gasteiger partial charge < -0.3 is 24.8 Å². The highest BCUT2D eigenvalue weighted by Gasteiger charge is 2.29. The number of amides is 1. The second-order valence-corrected chi connectivity index (χ2v) is 4.95. The van der Waals surface area contributed by atoms with Gasteiger partial charge >= 0.3 is 0 Å². The van der Waals surface area contributed by atoms with Gasteiger partial charge in [-0.1, -0.05) is 0 Å². The van der Waals surface area contributed by atoms with E-state index in [2.05, 4.69) is 5.32 Å². The highest BCUT2D eigenvalue weighted by molar-refractivity contribution is 5.77. The van der Waals surface area contributed by atoms with Crippen molar-refractivity contribution in [1.82, 2.24) is 10.2 Å². The Kier molecular flexibility index (Phi) is 4.94. The zero-order chi connectivity index (χ0) is 13.0. The summed E-state index contributed by atoms with van der Waals surface area (Å²) >= 11 is 0. The third-order valence-corrected chi connectivity index (χ3v) is 3.29. The fourth-order valence-electron chi connectivity index (χ4n) is 2.42. The first-order valence-electron chi connectivity index (χ1n) is 6.55. The summed E-state index contributed by atoms with van der Waals surface area (Å²) < 4.78 is 11.0. The molecule has 0 aromatic carbocycles. The molecule has 2 N–H and O–H groups in total. The lowest BCUT2D eigenvalue weighted by Gasteiger charge is -2.37. The van der Waals surface area contributed by atoms with Crippen LogP contribution in [0.25, 0.3) is 0 Å². The molecule has 0 spiro atoms. The molecule has 18 heavy (non-hydrogen) atoms. The van der Waals surface area contributed by atoms with Gasteiger partial charge in [0.25, 0.3) is 0 Å². The van der Waals surface area contributed by atoms with Crippen LogP contribution in [0.3, 0.4) is 0 Å². The van der Waals surface area contributed by atoms with Crippen LogP contribution in [-0.2, 0) is 14.3 Å². The number of hydrogen-bond donors (Lipinski definition) is 2. The predicted octanol–water partition coefficient (Wildman–Crippen LogP) is -1.03. The van der Waals surface area contributed by atoms with Crippen LogP contribution in [0.4, 0.5) is 0 Å². The van der Waals surface area contributed by atoms with Gasteiger partial charge in [-0.15, -0.1) is 0 Å². The summed E-state index contributed by atoms with van der Waals surface area (Å²) in [7, 11) is 0. The Morgan fingerprint density at radius 2 is 2.28 bits per heavy atom. The van der Waals surface area contributed by atoms with Gasteiger partial charge in [0.1, 0.15) is 0 Å². The minimum atomic E-state index is -0.261. The Bertz CT molecular complexity index is 281. The molecule has 104 valence electrons. The lowest BCUT2D eigenvalue weighted by Crippen LogP contribution is -2.51. The summed E-state index contributed by atoms with van der Waals surface area (Å²) in [6.45, 7) is 5.18. The van der Waals surface area contributed by atoms with Crippen molar-refractivity contribution >= 4 is 5.91 Å². The maximum atomic E-state index is 12.2. The number of nitrogens with one attached hydrogen (secondary N) is 1. The molecule has 3 atom stereocenters. The Morgan fingerprint density at radius 1 is 1.44 bits per heavy atom.